The first-order valence-corrected chi connectivity index (χ1v) is 5.24. The number of amides is 1. The van der Waals surface area contributed by atoms with Gasteiger partial charge in [0.15, 0.2) is 0 Å². The molecule has 1 amide bonds. The number of aromatic carboxylic acids is 1. The van der Waals surface area contributed by atoms with Gasteiger partial charge in [-0.05, 0) is 12.1 Å². The van der Waals surface area contributed by atoms with Crippen LogP contribution in [0, 0.1) is 5.92 Å². The van der Waals surface area contributed by atoms with Crippen molar-refractivity contribution in [1.29, 1.82) is 0 Å². The van der Waals surface area contributed by atoms with Crippen LogP contribution < -0.4 is 4.90 Å². The van der Waals surface area contributed by atoms with Crippen molar-refractivity contribution in [2.24, 2.45) is 5.92 Å². The van der Waals surface area contributed by atoms with Crippen LogP contribution in [0.5, 0.6) is 0 Å². The Morgan fingerprint density at radius 3 is 3.00 bits per heavy atom. The molecule has 0 bridgehead atoms. The zero-order valence-corrected chi connectivity index (χ0v) is 9.17. The van der Waals surface area contributed by atoms with Gasteiger partial charge in [-0.2, -0.15) is 0 Å². The Balaban J connectivity index is 2.38. The molecule has 2 rings (SSSR count). The van der Waals surface area contributed by atoms with E-state index in [2.05, 4.69) is 11.6 Å². The predicted octanol–water partition coefficient (Wildman–Crippen LogP) is 1.32. The molecule has 1 unspecified atom stereocenters. The summed E-state index contributed by atoms with van der Waals surface area (Å²) >= 11 is 0. The number of rotatable bonds is 3. The number of anilines is 1. The van der Waals surface area contributed by atoms with Crippen molar-refractivity contribution in [3.63, 3.8) is 0 Å². The highest BCUT2D eigenvalue weighted by Gasteiger charge is 2.31. The molecule has 1 saturated heterocycles. The molecule has 5 heteroatoms. The van der Waals surface area contributed by atoms with Crippen LogP contribution in [-0.4, -0.2) is 28.5 Å². The van der Waals surface area contributed by atoms with Crippen molar-refractivity contribution in [2.45, 2.75) is 6.42 Å². The first kappa shape index (κ1) is 11.3. The third-order valence-electron chi connectivity index (χ3n) is 2.76. The Labute approximate surface area is 98.4 Å². The van der Waals surface area contributed by atoms with Gasteiger partial charge in [-0.15, -0.1) is 6.58 Å². The minimum absolute atomic E-state index is 0.0468. The quantitative estimate of drug-likeness (QED) is 0.798. The first-order valence-electron chi connectivity index (χ1n) is 5.24. The smallest absolute Gasteiger partial charge is 0.339 e. The number of pyridine rings is 1. The molecule has 2 heterocycles. The second-order valence-electron chi connectivity index (χ2n) is 3.88. The third kappa shape index (κ3) is 2.04. The van der Waals surface area contributed by atoms with Crippen LogP contribution >= 0.6 is 0 Å². The molecule has 1 aliphatic rings. The molecule has 1 atom stereocenters. The summed E-state index contributed by atoms with van der Waals surface area (Å²) in [6.07, 6.45) is 3.55. The summed E-state index contributed by atoms with van der Waals surface area (Å²) in [4.78, 5) is 28.2. The average molecular weight is 232 g/mol. The Hall–Kier alpha value is -2.17. The van der Waals surface area contributed by atoms with E-state index in [9.17, 15) is 9.59 Å². The fourth-order valence-electron chi connectivity index (χ4n) is 1.88. The monoisotopic (exact) mass is 232 g/mol. The third-order valence-corrected chi connectivity index (χ3v) is 2.76. The lowest BCUT2D eigenvalue weighted by molar-refractivity contribution is -0.117. The summed E-state index contributed by atoms with van der Waals surface area (Å²) < 4.78 is 0. The van der Waals surface area contributed by atoms with E-state index in [0.29, 0.717) is 13.0 Å². The Morgan fingerprint density at radius 1 is 1.65 bits per heavy atom. The predicted molar refractivity (Wildman–Crippen MR) is 61.9 cm³/mol. The standard InChI is InChI=1S/C12H12N2O3/c1-2-8-6-10(15)14(7-8)11-9(12(16)17)4-3-5-13-11/h2-5,8H,1,6-7H2,(H,16,17). The Bertz CT molecular complexity index is 484. The normalized spacial score (nSPS) is 19.4. The molecule has 0 saturated carbocycles. The number of nitrogens with zero attached hydrogens (tertiary/aromatic N) is 2. The van der Waals surface area contributed by atoms with Gasteiger partial charge in [0.05, 0.1) is 0 Å². The second kappa shape index (κ2) is 4.37. The molecular formula is C12H12N2O3. The summed E-state index contributed by atoms with van der Waals surface area (Å²) in [7, 11) is 0. The molecule has 1 aromatic rings. The minimum Gasteiger partial charge on any atom is -0.478 e. The highest BCUT2D eigenvalue weighted by atomic mass is 16.4. The fourth-order valence-corrected chi connectivity index (χ4v) is 1.88. The van der Waals surface area contributed by atoms with Gasteiger partial charge in [-0.25, -0.2) is 9.78 Å². The fraction of sp³-hybridized carbons (Fsp3) is 0.250. The van der Waals surface area contributed by atoms with Gasteiger partial charge < -0.3 is 5.11 Å². The van der Waals surface area contributed by atoms with E-state index >= 15 is 0 Å². The van der Waals surface area contributed by atoms with Crippen molar-refractivity contribution in [1.82, 2.24) is 4.98 Å². The molecule has 5 nitrogen and oxygen atoms in total. The highest BCUT2D eigenvalue weighted by molar-refractivity contribution is 6.01. The molecule has 0 aromatic carbocycles. The van der Waals surface area contributed by atoms with Crippen molar-refractivity contribution >= 4 is 17.7 Å². The second-order valence-corrected chi connectivity index (χ2v) is 3.88. The van der Waals surface area contributed by atoms with Crippen LogP contribution in [0.2, 0.25) is 0 Å². The van der Waals surface area contributed by atoms with Crippen molar-refractivity contribution < 1.29 is 14.7 Å². The highest BCUT2D eigenvalue weighted by Crippen LogP contribution is 2.26. The number of carbonyl (C=O) groups is 2. The summed E-state index contributed by atoms with van der Waals surface area (Å²) in [6, 6.07) is 2.98. The first-order chi connectivity index (χ1) is 8.13. The maximum Gasteiger partial charge on any atom is 0.339 e. The lowest BCUT2D eigenvalue weighted by Gasteiger charge is -2.16. The van der Waals surface area contributed by atoms with E-state index in [1.807, 2.05) is 0 Å². The van der Waals surface area contributed by atoms with Gasteiger partial charge in [0.1, 0.15) is 11.4 Å². The summed E-state index contributed by atoms with van der Waals surface area (Å²) in [5.74, 6) is -0.917. The van der Waals surface area contributed by atoms with Crippen molar-refractivity contribution in [3.8, 4) is 0 Å². The molecular weight excluding hydrogens is 220 g/mol. The van der Waals surface area contributed by atoms with Gasteiger partial charge >= 0.3 is 5.97 Å². The van der Waals surface area contributed by atoms with Crippen molar-refractivity contribution in [2.75, 3.05) is 11.4 Å². The van der Waals surface area contributed by atoms with Gasteiger partial charge in [0.25, 0.3) is 0 Å². The van der Waals surface area contributed by atoms with Crippen LogP contribution in [0.4, 0.5) is 5.82 Å². The summed E-state index contributed by atoms with van der Waals surface area (Å²) in [5.41, 5.74) is 0.0468. The van der Waals surface area contributed by atoms with Crippen LogP contribution in [0.15, 0.2) is 31.0 Å². The number of hydrogen-bond donors (Lipinski definition) is 1. The maximum atomic E-state index is 11.8. The molecule has 1 aromatic heterocycles. The van der Waals surface area contributed by atoms with Gasteiger partial charge in [0.2, 0.25) is 5.91 Å². The van der Waals surface area contributed by atoms with Gasteiger partial charge in [-0.3, -0.25) is 9.69 Å². The molecule has 1 N–H and O–H groups in total. The van der Waals surface area contributed by atoms with Crippen LogP contribution in [0.1, 0.15) is 16.8 Å². The topological polar surface area (TPSA) is 70.5 Å². The molecule has 17 heavy (non-hydrogen) atoms. The number of hydrogen-bond acceptors (Lipinski definition) is 3. The van der Waals surface area contributed by atoms with E-state index in [0.717, 1.165) is 0 Å². The van der Waals surface area contributed by atoms with Crippen LogP contribution in [0.3, 0.4) is 0 Å². The minimum atomic E-state index is -1.08. The average Bonchev–Trinajstić information content (AvgIpc) is 2.70. The summed E-state index contributed by atoms with van der Waals surface area (Å²) in [6.45, 7) is 4.09. The molecule has 0 spiro atoms. The Morgan fingerprint density at radius 2 is 2.41 bits per heavy atom. The van der Waals surface area contributed by atoms with Crippen LogP contribution in [-0.2, 0) is 4.79 Å². The number of aromatic nitrogens is 1. The largest absolute Gasteiger partial charge is 0.478 e. The van der Waals surface area contributed by atoms with Crippen LogP contribution in [0.25, 0.3) is 0 Å². The van der Waals surface area contributed by atoms with E-state index in [1.165, 1.54) is 17.2 Å². The molecule has 88 valence electrons. The van der Waals surface area contributed by atoms with E-state index in [-0.39, 0.29) is 23.2 Å². The van der Waals surface area contributed by atoms with Gasteiger partial charge in [-0.1, -0.05) is 6.08 Å². The zero-order chi connectivity index (χ0) is 12.4. The maximum absolute atomic E-state index is 11.8. The lowest BCUT2D eigenvalue weighted by Crippen LogP contribution is -2.27. The van der Waals surface area contributed by atoms with Crippen molar-refractivity contribution in [3.05, 3.63) is 36.5 Å². The number of carboxylic acid groups (broad SMARTS) is 1. The summed E-state index contributed by atoms with van der Waals surface area (Å²) in [5, 5.41) is 9.04. The molecule has 1 fully saturated rings. The zero-order valence-electron chi connectivity index (χ0n) is 9.17. The van der Waals surface area contributed by atoms with Gasteiger partial charge in [0, 0.05) is 25.1 Å². The Kier molecular flexibility index (Phi) is 2.91. The molecule has 0 radical (unpaired) electrons. The number of carboxylic acids is 1. The van der Waals surface area contributed by atoms with E-state index in [4.69, 9.17) is 5.11 Å². The molecule has 0 aliphatic carbocycles. The molecule has 1 aliphatic heterocycles. The lowest BCUT2D eigenvalue weighted by atomic mass is 10.1. The SMILES string of the molecule is C=CC1CC(=O)N(c2ncccc2C(=O)O)C1. The van der Waals surface area contributed by atoms with E-state index in [1.54, 1.807) is 12.1 Å². The van der Waals surface area contributed by atoms with E-state index < -0.39 is 5.97 Å². The number of carbonyl (C=O) groups excluding carboxylic acids is 1.